The summed E-state index contributed by atoms with van der Waals surface area (Å²) in [7, 11) is 0. The zero-order valence-electron chi connectivity index (χ0n) is 10.2. The molecule has 0 aromatic carbocycles. The summed E-state index contributed by atoms with van der Waals surface area (Å²) in [6.45, 7) is 5.78. The lowest BCUT2D eigenvalue weighted by Gasteiger charge is -2.17. The molecule has 17 heavy (non-hydrogen) atoms. The van der Waals surface area contributed by atoms with Gasteiger partial charge in [-0.15, -0.1) is 11.3 Å². The van der Waals surface area contributed by atoms with Gasteiger partial charge in [-0.1, -0.05) is 0 Å². The molecule has 2 fully saturated rings. The van der Waals surface area contributed by atoms with Crippen molar-refractivity contribution in [3.05, 3.63) is 21.9 Å². The number of hydrogen-bond acceptors (Lipinski definition) is 3. The van der Waals surface area contributed by atoms with Gasteiger partial charge in [0.25, 0.3) is 5.91 Å². The molecule has 0 N–H and O–H groups in total. The lowest BCUT2D eigenvalue weighted by Crippen LogP contribution is -2.30. The summed E-state index contributed by atoms with van der Waals surface area (Å²) in [4.78, 5) is 15.1. The van der Waals surface area contributed by atoms with E-state index in [0.29, 0.717) is 12.0 Å². The van der Waals surface area contributed by atoms with Crippen molar-refractivity contribution in [3.63, 3.8) is 0 Å². The first kappa shape index (κ1) is 11.2. The van der Waals surface area contributed by atoms with Crippen molar-refractivity contribution in [1.82, 2.24) is 4.90 Å². The fourth-order valence-electron chi connectivity index (χ4n) is 2.87. The van der Waals surface area contributed by atoms with E-state index in [1.807, 2.05) is 23.3 Å². The Balaban J connectivity index is 1.70. The number of likely N-dealkylation sites (tertiary alicyclic amines) is 1. The van der Waals surface area contributed by atoms with Crippen LogP contribution in [-0.2, 0) is 4.74 Å². The van der Waals surface area contributed by atoms with Crippen molar-refractivity contribution in [2.75, 3.05) is 13.1 Å². The van der Waals surface area contributed by atoms with E-state index in [2.05, 4.69) is 6.92 Å². The smallest absolute Gasteiger partial charge is 0.264 e. The van der Waals surface area contributed by atoms with Crippen molar-refractivity contribution >= 4 is 17.2 Å². The normalized spacial score (nSPS) is 31.9. The van der Waals surface area contributed by atoms with Gasteiger partial charge in [0.15, 0.2) is 0 Å². The van der Waals surface area contributed by atoms with Crippen LogP contribution in [0.1, 0.15) is 28.6 Å². The summed E-state index contributed by atoms with van der Waals surface area (Å²) >= 11 is 1.54. The minimum Gasteiger partial charge on any atom is -0.373 e. The van der Waals surface area contributed by atoms with E-state index in [1.165, 1.54) is 5.56 Å². The molecule has 0 saturated carbocycles. The molecule has 3 heterocycles. The molecule has 1 aromatic rings. The Bertz CT molecular complexity index is 428. The number of hydrogen-bond donors (Lipinski definition) is 0. The van der Waals surface area contributed by atoms with Crippen LogP contribution in [0.15, 0.2) is 11.4 Å². The number of carbonyl (C=O) groups is 1. The van der Waals surface area contributed by atoms with Crippen LogP contribution in [-0.4, -0.2) is 36.1 Å². The number of nitrogens with zero attached hydrogens (tertiary/aromatic N) is 1. The molecule has 0 unspecified atom stereocenters. The first-order valence-corrected chi connectivity index (χ1v) is 7.01. The molecule has 92 valence electrons. The third-order valence-electron chi connectivity index (χ3n) is 3.65. The van der Waals surface area contributed by atoms with Gasteiger partial charge < -0.3 is 9.64 Å². The second-order valence-corrected chi connectivity index (χ2v) is 6.09. The standard InChI is InChI=1S/C13H17NO2S/c1-8-3-12(17-7-8)13(15)14-5-10-4-9(2)16-11(10)6-14/h3,7,9-11H,4-6H2,1-2H3/t9-,10+,11-/m0/s1. The van der Waals surface area contributed by atoms with Crippen LogP contribution < -0.4 is 0 Å². The number of aryl methyl sites for hydroxylation is 1. The molecule has 0 aliphatic carbocycles. The van der Waals surface area contributed by atoms with E-state index >= 15 is 0 Å². The predicted octanol–water partition coefficient (Wildman–Crippen LogP) is 2.31. The van der Waals surface area contributed by atoms with Crippen LogP contribution in [0.5, 0.6) is 0 Å². The molecular formula is C13H17NO2S. The Morgan fingerprint density at radius 2 is 2.35 bits per heavy atom. The number of ether oxygens (including phenoxy) is 1. The van der Waals surface area contributed by atoms with Crippen LogP contribution in [0.2, 0.25) is 0 Å². The van der Waals surface area contributed by atoms with E-state index < -0.39 is 0 Å². The summed E-state index contributed by atoms with van der Waals surface area (Å²) in [5, 5.41) is 2.03. The minimum atomic E-state index is 0.175. The van der Waals surface area contributed by atoms with Crippen molar-refractivity contribution in [2.24, 2.45) is 5.92 Å². The molecule has 1 amide bonds. The van der Waals surface area contributed by atoms with Gasteiger partial charge in [-0.3, -0.25) is 4.79 Å². The number of amides is 1. The van der Waals surface area contributed by atoms with Gasteiger partial charge in [0.1, 0.15) is 0 Å². The molecule has 3 nitrogen and oxygen atoms in total. The first-order valence-electron chi connectivity index (χ1n) is 6.13. The Hall–Kier alpha value is -0.870. The van der Waals surface area contributed by atoms with Gasteiger partial charge in [0, 0.05) is 19.0 Å². The van der Waals surface area contributed by atoms with Crippen molar-refractivity contribution in [1.29, 1.82) is 0 Å². The first-order chi connectivity index (χ1) is 8.13. The van der Waals surface area contributed by atoms with Crippen LogP contribution in [0.25, 0.3) is 0 Å². The summed E-state index contributed by atoms with van der Waals surface area (Å²) in [5.74, 6) is 0.726. The number of rotatable bonds is 1. The molecule has 0 spiro atoms. The zero-order chi connectivity index (χ0) is 12.0. The topological polar surface area (TPSA) is 29.5 Å². The molecule has 2 saturated heterocycles. The van der Waals surface area contributed by atoms with Gasteiger partial charge in [-0.2, -0.15) is 0 Å². The second-order valence-electron chi connectivity index (χ2n) is 5.18. The molecule has 1 aromatic heterocycles. The Morgan fingerprint density at radius 1 is 1.53 bits per heavy atom. The van der Waals surface area contributed by atoms with Gasteiger partial charge in [-0.25, -0.2) is 0 Å². The highest BCUT2D eigenvalue weighted by atomic mass is 32.1. The fraction of sp³-hybridized carbons (Fsp3) is 0.615. The molecule has 0 radical (unpaired) electrons. The van der Waals surface area contributed by atoms with E-state index in [1.54, 1.807) is 11.3 Å². The largest absolute Gasteiger partial charge is 0.373 e. The minimum absolute atomic E-state index is 0.175. The lowest BCUT2D eigenvalue weighted by molar-refractivity contribution is 0.0444. The average molecular weight is 251 g/mol. The second kappa shape index (κ2) is 4.10. The Morgan fingerprint density at radius 3 is 3.00 bits per heavy atom. The Kier molecular flexibility index (Phi) is 2.71. The van der Waals surface area contributed by atoms with Gasteiger partial charge >= 0.3 is 0 Å². The maximum absolute atomic E-state index is 12.3. The van der Waals surface area contributed by atoms with Crippen molar-refractivity contribution in [3.8, 4) is 0 Å². The van der Waals surface area contributed by atoms with Crippen LogP contribution in [0, 0.1) is 12.8 Å². The quantitative estimate of drug-likeness (QED) is 0.766. The highest BCUT2D eigenvalue weighted by Crippen LogP contribution is 2.33. The van der Waals surface area contributed by atoms with Crippen molar-refractivity contribution < 1.29 is 9.53 Å². The molecule has 2 aliphatic heterocycles. The summed E-state index contributed by atoms with van der Waals surface area (Å²) in [6, 6.07) is 1.98. The highest BCUT2D eigenvalue weighted by Gasteiger charge is 2.42. The highest BCUT2D eigenvalue weighted by molar-refractivity contribution is 7.12. The average Bonchev–Trinajstić information content (AvgIpc) is 2.90. The lowest BCUT2D eigenvalue weighted by atomic mass is 10.0. The zero-order valence-corrected chi connectivity index (χ0v) is 11.0. The summed E-state index contributed by atoms with van der Waals surface area (Å²) in [6.07, 6.45) is 1.74. The molecule has 3 atom stereocenters. The van der Waals surface area contributed by atoms with Crippen LogP contribution in [0.3, 0.4) is 0 Å². The molecule has 2 aliphatic rings. The summed E-state index contributed by atoms with van der Waals surface area (Å²) < 4.78 is 5.82. The van der Waals surface area contributed by atoms with E-state index in [0.717, 1.165) is 24.4 Å². The molecule has 0 bridgehead atoms. The molecule has 4 heteroatoms. The van der Waals surface area contributed by atoms with E-state index in [9.17, 15) is 4.79 Å². The number of fused-ring (bicyclic) bond motifs is 1. The van der Waals surface area contributed by atoms with Crippen LogP contribution >= 0.6 is 11.3 Å². The predicted molar refractivity (Wildman–Crippen MR) is 67.4 cm³/mol. The van der Waals surface area contributed by atoms with Crippen LogP contribution in [0.4, 0.5) is 0 Å². The molecular weight excluding hydrogens is 234 g/mol. The third kappa shape index (κ3) is 2.00. The fourth-order valence-corrected chi connectivity index (χ4v) is 3.73. The molecule has 3 rings (SSSR count). The third-order valence-corrected chi connectivity index (χ3v) is 4.69. The Labute approximate surface area is 105 Å². The van der Waals surface area contributed by atoms with Gasteiger partial charge in [0.05, 0.1) is 17.1 Å². The number of thiophene rings is 1. The van der Waals surface area contributed by atoms with E-state index in [-0.39, 0.29) is 12.0 Å². The SMILES string of the molecule is Cc1csc(C(=O)N2C[C@H]3C[C@H](C)O[C@H]3C2)c1. The number of carbonyl (C=O) groups excluding carboxylic acids is 1. The monoisotopic (exact) mass is 251 g/mol. The van der Waals surface area contributed by atoms with Gasteiger partial charge in [-0.05, 0) is 37.3 Å². The van der Waals surface area contributed by atoms with Gasteiger partial charge in [0.2, 0.25) is 0 Å². The summed E-state index contributed by atoms with van der Waals surface area (Å²) in [5.41, 5.74) is 1.17. The maximum atomic E-state index is 12.3. The maximum Gasteiger partial charge on any atom is 0.264 e. The van der Waals surface area contributed by atoms with E-state index in [4.69, 9.17) is 4.74 Å². The van der Waals surface area contributed by atoms with Crippen molar-refractivity contribution in [2.45, 2.75) is 32.5 Å².